The molecule has 0 spiro atoms. The minimum Gasteiger partial charge on any atom is -0.364 e. The van der Waals surface area contributed by atoms with E-state index < -0.39 is 41.2 Å². The molecule has 3 aliphatic heterocycles. The van der Waals surface area contributed by atoms with Gasteiger partial charge in [-0.1, -0.05) is 42.5 Å². The predicted octanol–water partition coefficient (Wildman–Crippen LogP) is 7.11. The molecule has 18 heteroatoms. The third-order valence-electron chi connectivity index (χ3n) is 13.3. The molecule has 13 nitrogen and oxygen atoms in total. The van der Waals surface area contributed by atoms with E-state index >= 15 is 8.78 Å². The summed E-state index contributed by atoms with van der Waals surface area (Å²) < 4.78 is 71.7. The Kier molecular flexibility index (Phi) is 14.6. The van der Waals surface area contributed by atoms with E-state index in [0.717, 1.165) is 42.6 Å². The molecular formula is C50H54F5N9O4. The van der Waals surface area contributed by atoms with Crippen LogP contribution in [0, 0.1) is 17.6 Å². The van der Waals surface area contributed by atoms with E-state index in [4.69, 9.17) is 0 Å². The van der Waals surface area contributed by atoms with Crippen molar-refractivity contribution in [1.82, 2.24) is 35.2 Å². The zero-order chi connectivity index (χ0) is 48.1. The van der Waals surface area contributed by atoms with Gasteiger partial charge >= 0.3 is 6.18 Å². The van der Waals surface area contributed by atoms with Gasteiger partial charge in [-0.05, 0) is 98.5 Å². The van der Waals surface area contributed by atoms with Crippen molar-refractivity contribution in [3.63, 3.8) is 0 Å². The fraction of sp³-hybridized carbons (Fsp3) is 0.400. The summed E-state index contributed by atoms with van der Waals surface area (Å²) >= 11 is 0. The Morgan fingerprint density at radius 3 is 2.19 bits per heavy atom. The smallest absolute Gasteiger partial charge is 0.364 e. The van der Waals surface area contributed by atoms with Gasteiger partial charge in [-0.3, -0.25) is 34.1 Å². The van der Waals surface area contributed by atoms with Gasteiger partial charge in [-0.25, -0.2) is 13.8 Å². The third kappa shape index (κ3) is 11.4. The lowest BCUT2D eigenvalue weighted by Gasteiger charge is -2.47. The minimum atomic E-state index is -4.41. The molecule has 3 fully saturated rings. The van der Waals surface area contributed by atoms with E-state index in [1.54, 1.807) is 40.3 Å². The topological polar surface area (TPSA) is 145 Å². The van der Waals surface area contributed by atoms with E-state index in [1.165, 1.54) is 24.3 Å². The van der Waals surface area contributed by atoms with E-state index in [1.807, 2.05) is 35.2 Å². The molecule has 0 radical (unpaired) electrons. The zero-order valence-corrected chi connectivity index (χ0v) is 37.8. The van der Waals surface area contributed by atoms with Crippen LogP contribution in [0.2, 0.25) is 0 Å². The summed E-state index contributed by atoms with van der Waals surface area (Å²) in [7, 11) is 0. The number of pyridine rings is 1. The number of imide groups is 1. The Morgan fingerprint density at radius 2 is 1.56 bits per heavy atom. The van der Waals surface area contributed by atoms with Gasteiger partial charge in [0.05, 0.1) is 17.7 Å². The number of amides is 4. The van der Waals surface area contributed by atoms with Gasteiger partial charge in [0.2, 0.25) is 23.6 Å². The number of nitrogens with one attached hydrogen (secondary N) is 3. The zero-order valence-electron chi connectivity index (χ0n) is 37.8. The van der Waals surface area contributed by atoms with Crippen LogP contribution in [-0.2, 0) is 38.3 Å². The molecule has 2 aromatic heterocycles. The van der Waals surface area contributed by atoms with Gasteiger partial charge in [0.15, 0.2) is 0 Å². The van der Waals surface area contributed by atoms with Crippen LogP contribution in [0.1, 0.15) is 73.7 Å². The van der Waals surface area contributed by atoms with Gasteiger partial charge in [0.1, 0.15) is 35.7 Å². The summed E-state index contributed by atoms with van der Waals surface area (Å²) in [6.07, 6.45) is 3.00. The van der Waals surface area contributed by atoms with Crippen molar-refractivity contribution in [3.05, 3.63) is 131 Å². The number of hydrogen-bond acceptors (Lipinski definition) is 9. The van der Waals surface area contributed by atoms with E-state index in [-0.39, 0.29) is 60.4 Å². The highest BCUT2D eigenvalue weighted by Gasteiger charge is 2.36. The molecular weight excluding hydrogens is 886 g/mol. The number of alkyl halides is 3. The lowest BCUT2D eigenvalue weighted by molar-refractivity contribution is -0.138. The number of piperidine rings is 2. The number of piperazine rings is 1. The van der Waals surface area contributed by atoms with Crippen LogP contribution in [0.3, 0.4) is 0 Å². The maximum atomic E-state index is 15.5. The number of hydrogen-bond donors (Lipinski definition) is 3. The van der Waals surface area contributed by atoms with Crippen LogP contribution in [0.15, 0.2) is 97.5 Å². The normalized spacial score (nSPS) is 20.0. The number of aromatic nitrogens is 3. The van der Waals surface area contributed by atoms with Gasteiger partial charge in [-0.15, -0.1) is 0 Å². The van der Waals surface area contributed by atoms with Crippen molar-refractivity contribution >= 4 is 35.1 Å². The highest BCUT2D eigenvalue weighted by Crippen LogP contribution is 2.34. The standard InChI is InChI=1S/C50H54F5N9O4/c1-31-26-62(47-41(51)22-37(23-42(47)52)40-13-15-44(65)60-48(40)67)27-32(2)64(31)28-34-17-20-61(21-18-34)45(66)30-63-29-38(25-58-63)36-10-14-43(57-24-36)59-49(68)46(35-6-4-3-5-7-35)56-19-16-33-8-11-39(12-9-33)50(53,54)55/h3-12,14,22-25,29,31-32,34,40,46,56H,13,15-21,26-28,30H2,1-2H3,(H,57,59,68)(H,60,65,67)/t31-,32+,40?,46?. The predicted molar refractivity (Wildman–Crippen MR) is 245 cm³/mol. The quantitative estimate of drug-likeness (QED) is 0.0784. The molecule has 0 bridgehead atoms. The molecule has 0 aliphatic carbocycles. The largest absolute Gasteiger partial charge is 0.416 e. The van der Waals surface area contributed by atoms with E-state index in [2.05, 4.69) is 44.8 Å². The fourth-order valence-electron chi connectivity index (χ4n) is 9.57. The number of rotatable bonds is 14. The summed E-state index contributed by atoms with van der Waals surface area (Å²) in [5.74, 6) is -2.89. The van der Waals surface area contributed by atoms with Crippen molar-refractivity contribution < 1.29 is 41.1 Å². The highest BCUT2D eigenvalue weighted by atomic mass is 19.4. The number of anilines is 2. The number of carbonyl (C=O) groups excluding carboxylic acids is 4. The summed E-state index contributed by atoms with van der Waals surface area (Å²) in [6.45, 7) is 7.36. The second kappa shape index (κ2) is 20.8. The van der Waals surface area contributed by atoms with Crippen molar-refractivity contribution in [1.29, 1.82) is 0 Å². The number of benzene rings is 3. The summed E-state index contributed by atoms with van der Waals surface area (Å²) in [5.41, 5.74) is 2.29. The van der Waals surface area contributed by atoms with Crippen LogP contribution in [0.4, 0.5) is 33.5 Å². The van der Waals surface area contributed by atoms with Crippen LogP contribution in [0.5, 0.6) is 0 Å². The average Bonchev–Trinajstić information content (AvgIpc) is 3.77. The molecule has 5 heterocycles. The molecule has 5 aromatic rings. The highest BCUT2D eigenvalue weighted by molar-refractivity contribution is 6.01. The SMILES string of the molecule is C[C@@H]1CN(c2c(F)cc(C3CCC(=O)NC3=O)cc2F)C[C@H](C)N1CC1CCN(C(=O)Cn2cc(-c3ccc(NC(=O)C(NCCc4ccc(C(F)(F)F)cc4)c4ccccc4)nc3)cn2)CC1. The lowest BCUT2D eigenvalue weighted by Crippen LogP contribution is -2.58. The Hall–Kier alpha value is -6.53. The molecule has 4 amide bonds. The fourth-order valence-corrected chi connectivity index (χ4v) is 9.57. The average molecular weight is 940 g/mol. The first-order valence-electron chi connectivity index (χ1n) is 22.9. The number of halogens is 5. The van der Waals surface area contributed by atoms with Crippen molar-refractivity contribution in [2.24, 2.45) is 5.92 Å². The molecule has 2 unspecified atom stereocenters. The molecule has 358 valence electrons. The van der Waals surface area contributed by atoms with E-state index in [0.29, 0.717) is 62.0 Å². The number of likely N-dealkylation sites (tertiary alicyclic amines) is 1. The molecule has 3 aromatic carbocycles. The van der Waals surface area contributed by atoms with Gasteiger partial charge in [0, 0.05) is 81.3 Å². The number of nitrogens with zero attached hydrogens (tertiary/aromatic N) is 6. The minimum absolute atomic E-state index is 0.00366. The molecule has 3 saturated heterocycles. The van der Waals surface area contributed by atoms with Gasteiger partial charge < -0.3 is 20.4 Å². The molecule has 4 atom stereocenters. The Morgan fingerprint density at radius 1 is 0.868 bits per heavy atom. The molecule has 8 rings (SSSR count). The second-order valence-corrected chi connectivity index (χ2v) is 18.1. The first-order chi connectivity index (χ1) is 32.6. The number of carbonyl (C=O) groups is 4. The maximum absolute atomic E-state index is 15.5. The maximum Gasteiger partial charge on any atom is 0.416 e. The first kappa shape index (κ1) is 47.9. The molecule has 3 aliphatic rings. The monoisotopic (exact) mass is 939 g/mol. The van der Waals surface area contributed by atoms with Crippen LogP contribution in [-0.4, -0.2) is 99.5 Å². The van der Waals surface area contributed by atoms with E-state index in [9.17, 15) is 32.3 Å². The van der Waals surface area contributed by atoms with Gasteiger partial charge in [0.25, 0.3) is 0 Å². The first-order valence-corrected chi connectivity index (χ1v) is 22.9. The Balaban J connectivity index is 0.792. The molecule has 68 heavy (non-hydrogen) atoms. The van der Waals surface area contributed by atoms with Gasteiger partial charge in [-0.2, -0.15) is 18.3 Å². The molecule has 0 saturated carbocycles. The third-order valence-corrected chi connectivity index (χ3v) is 13.3. The van der Waals surface area contributed by atoms with Crippen molar-refractivity contribution in [3.8, 4) is 11.1 Å². The Labute approximate surface area is 391 Å². The summed E-state index contributed by atoms with van der Waals surface area (Å²) in [6, 6.07) is 19.2. The Bertz CT molecular complexity index is 2550. The summed E-state index contributed by atoms with van der Waals surface area (Å²) in [4.78, 5) is 61.3. The van der Waals surface area contributed by atoms with Crippen molar-refractivity contribution in [2.45, 2.75) is 82.7 Å². The van der Waals surface area contributed by atoms with Crippen molar-refractivity contribution in [2.75, 3.05) is 49.5 Å². The lowest BCUT2D eigenvalue weighted by atomic mass is 9.90. The molecule has 3 N–H and O–H groups in total. The van der Waals surface area contributed by atoms with Crippen LogP contribution >= 0.6 is 0 Å². The van der Waals surface area contributed by atoms with Crippen LogP contribution in [0.25, 0.3) is 11.1 Å². The second-order valence-electron chi connectivity index (χ2n) is 18.1. The van der Waals surface area contributed by atoms with Crippen LogP contribution < -0.4 is 20.9 Å². The summed E-state index contributed by atoms with van der Waals surface area (Å²) in [5, 5.41) is 12.8.